The molecule has 0 heterocycles. The standard InChI is InChI=1S/C15H10S/c16-15-13(11-7-3-1-4-8-11)14(15)12-9-5-2-6-10-12/h1-10H. The van der Waals surface area contributed by atoms with E-state index in [-0.39, 0.29) is 0 Å². The monoisotopic (exact) mass is 222 g/mol. The van der Waals surface area contributed by atoms with E-state index in [0.29, 0.717) is 0 Å². The summed E-state index contributed by atoms with van der Waals surface area (Å²) in [5, 5.41) is 0. The molecule has 0 unspecified atom stereocenters. The topological polar surface area (TPSA) is 0 Å². The van der Waals surface area contributed by atoms with Crippen molar-refractivity contribution >= 4 is 12.2 Å². The third kappa shape index (κ3) is 1.50. The molecule has 1 heteroatoms. The van der Waals surface area contributed by atoms with Crippen LogP contribution < -0.4 is 0 Å². The van der Waals surface area contributed by atoms with Crippen molar-refractivity contribution in [1.29, 1.82) is 0 Å². The second-order valence-corrected chi connectivity index (χ2v) is 4.22. The average Bonchev–Trinajstić information content (AvgIpc) is 3.03. The van der Waals surface area contributed by atoms with Crippen LogP contribution in [0.2, 0.25) is 0 Å². The lowest BCUT2D eigenvalue weighted by Gasteiger charge is -1.93. The highest BCUT2D eigenvalue weighted by molar-refractivity contribution is 7.72. The van der Waals surface area contributed by atoms with Crippen LogP contribution in [0.25, 0.3) is 22.3 Å². The minimum absolute atomic E-state index is 1.01. The molecule has 0 atom stereocenters. The molecule has 0 bridgehead atoms. The van der Waals surface area contributed by atoms with Crippen LogP contribution in [-0.4, -0.2) is 0 Å². The van der Waals surface area contributed by atoms with Gasteiger partial charge in [-0.05, 0) is 11.1 Å². The first-order valence-corrected chi connectivity index (χ1v) is 5.68. The lowest BCUT2D eigenvalue weighted by Crippen LogP contribution is -1.68. The zero-order valence-electron chi connectivity index (χ0n) is 8.68. The van der Waals surface area contributed by atoms with Crippen LogP contribution in [0.5, 0.6) is 0 Å². The summed E-state index contributed by atoms with van der Waals surface area (Å²) in [4.78, 5) is 0. The highest BCUT2D eigenvalue weighted by Gasteiger charge is 2.20. The molecule has 0 fully saturated rings. The summed E-state index contributed by atoms with van der Waals surface area (Å²) in [5.41, 5.74) is 4.93. The first-order chi connectivity index (χ1) is 7.88. The van der Waals surface area contributed by atoms with Crippen molar-refractivity contribution in [3.8, 4) is 22.3 Å². The fourth-order valence-corrected chi connectivity index (χ4v) is 2.32. The molecule has 0 amide bonds. The van der Waals surface area contributed by atoms with Gasteiger partial charge in [-0.25, -0.2) is 0 Å². The van der Waals surface area contributed by atoms with Crippen LogP contribution in [0.4, 0.5) is 0 Å². The molecule has 0 spiro atoms. The Balaban J connectivity index is 2.06. The van der Waals surface area contributed by atoms with Crippen molar-refractivity contribution < 1.29 is 0 Å². The molecule has 3 rings (SSSR count). The molecule has 0 aliphatic heterocycles. The lowest BCUT2D eigenvalue weighted by molar-refractivity contribution is 1.69. The first-order valence-electron chi connectivity index (χ1n) is 5.28. The molecular weight excluding hydrogens is 212 g/mol. The normalized spacial score (nSPS) is 10.8. The summed E-state index contributed by atoms with van der Waals surface area (Å²) in [7, 11) is 0. The van der Waals surface area contributed by atoms with Gasteiger partial charge < -0.3 is 0 Å². The Labute approximate surface area is 99.9 Å². The summed E-state index contributed by atoms with van der Waals surface area (Å²) in [6, 6.07) is 20.7. The number of rotatable bonds is 2. The number of hydrogen-bond donors (Lipinski definition) is 0. The molecule has 16 heavy (non-hydrogen) atoms. The molecule has 0 N–H and O–H groups in total. The maximum atomic E-state index is 5.38. The zero-order chi connectivity index (χ0) is 11.0. The first kappa shape index (κ1) is 9.49. The third-order valence-corrected chi connectivity index (χ3v) is 3.17. The highest BCUT2D eigenvalue weighted by Crippen LogP contribution is 2.43. The van der Waals surface area contributed by atoms with Gasteiger partial charge >= 0.3 is 0 Å². The molecule has 0 aliphatic carbocycles. The van der Waals surface area contributed by atoms with Crippen LogP contribution in [0.1, 0.15) is 0 Å². The van der Waals surface area contributed by atoms with Crippen molar-refractivity contribution in [3.63, 3.8) is 0 Å². The Morgan fingerprint density at radius 1 is 0.562 bits per heavy atom. The molecular formula is C15H10S. The maximum Gasteiger partial charge on any atom is 0.0547 e. The predicted molar refractivity (Wildman–Crippen MR) is 70.5 cm³/mol. The van der Waals surface area contributed by atoms with Gasteiger partial charge in [-0.15, -0.1) is 0 Å². The lowest BCUT2D eigenvalue weighted by atomic mass is 10.1. The largest absolute Gasteiger partial charge is 0.0787 e. The van der Waals surface area contributed by atoms with E-state index in [1.165, 1.54) is 22.3 Å². The van der Waals surface area contributed by atoms with E-state index in [1.54, 1.807) is 0 Å². The molecule has 76 valence electrons. The fraction of sp³-hybridized carbons (Fsp3) is 0. The Kier molecular flexibility index (Phi) is 2.19. The fourth-order valence-electron chi connectivity index (χ4n) is 1.93. The zero-order valence-corrected chi connectivity index (χ0v) is 9.50. The molecule has 3 aromatic rings. The quantitative estimate of drug-likeness (QED) is 0.570. The SMILES string of the molecule is S=c1c(-c2ccccc2)c1-c1ccccc1. The minimum atomic E-state index is 1.01. The van der Waals surface area contributed by atoms with E-state index in [1.807, 2.05) is 36.4 Å². The van der Waals surface area contributed by atoms with Crippen LogP contribution in [0.15, 0.2) is 60.7 Å². The molecule has 3 aromatic carbocycles. The second kappa shape index (κ2) is 3.69. The summed E-state index contributed by atoms with van der Waals surface area (Å²) < 4.78 is 1.01. The third-order valence-electron chi connectivity index (χ3n) is 2.77. The van der Waals surface area contributed by atoms with Gasteiger partial charge in [-0.2, -0.15) is 0 Å². The van der Waals surface area contributed by atoms with Crippen LogP contribution in [0.3, 0.4) is 0 Å². The molecule has 0 radical (unpaired) electrons. The van der Waals surface area contributed by atoms with Gasteiger partial charge in [0.2, 0.25) is 0 Å². The van der Waals surface area contributed by atoms with Gasteiger partial charge in [0.1, 0.15) is 0 Å². The Bertz CT molecular complexity index is 559. The van der Waals surface area contributed by atoms with E-state index in [4.69, 9.17) is 12.2 Å². The van der Waals surface area contributed by atoms with E-state index in [0.717, 1.165) is 4.51 Å². The van der Waals surface area contributed by atoms with E-state index in [2.05, 4.69) is 24.3 Å². The predicted octanol–water partition coefficient (Wildman–Crippen LogP) is 4.63. The van der Waals surface area contributed by atoms with Crippen LogP contribution in [-0.2, 0) is 0 Å². The summed E-state index contributed by atoms with van der Waals surface area (Å²) in [6.45, 7) is 0. The smallest absolute Gasteiger partial charge is 0.0547 e. The Morgan fingerprint density at radius 2 is 0.938 bits per heavy atom. The minimum Gasteiger partial charge on any atom is -0.0787 e. The Hall–Kier alpha value is -1.73. The summed E-state index contributed by atoms with van der Waals surface area (Å²) in [5.74, 6) is 0. The maximum absolute atomic E-state index is 5.38. The van der Waals surface area contributed by atoms with Gasteiger partial charge in [0.05, 0.1) is 4.51 Å². The Morgan fingerprint density at radius 3 is 1.31 bits per heavy atom. The molecule has 0 nitrogen and oxygen atoms in total. The second-order valence-electron chi connectivity index (χ2n) is 3.81. The van der Waals surface area contributed by atoms with Gasteiger partial charge in [-0.3, -0.25) is 0 Å². The van der Waals surface area contributed by atoms with Gasteiger partial charge in [0.25, 0.3) is 0 Å². The number of benzene rings is 2. The van der Waals surface area contributed by atoms with E-state index >= 15 is 0 Å². The van der Waals surface area contributed by atoms with Gasteiger partial charge in [0.15, 0.2) is 0 Å². The molecule has 0 aliphatic rings. The summed E-state index contributed by atoms with van der Waals surface area (Å²) in [6.07, 6.45) is 0. The van der Waals surface area contributed by atoms with Crippen molar-refractivity contribution in [2.24, 2.45) is 0 Å². The van der Waals surface area contributed by atoms with Gasteiger partial charge in [0, 0.05) is 11.1 Å². The van der Waals surface area contributed by atoms with Crippen molar-refractivity contribution in [3.05, 3.63) is 65.2 Å². The summed E-state index contributed by atoms with van der Waals surface area (Å²) >= 11 is 5.38. The van der Waals surface area contributed by atoms with Crippen LogP contribution >= 0.6 is 12.2 Å². The van der Waals surface area contributed by atoms with E-state index in [9.17, 15) is 0 Å². The van der Waals surface area contributed by atoms with Crippen molar-refractivity contribution in [2.75, 3.05) is 0 Å². The van der Waals surface area contributed by atoms with Crippen molar-refractivity contribution in [2.45, 2.75) is 0 Å². The molecule has 0 saturated heterocycles. The molecule has 0 aromatic heterocycles. The number of hydrogen-bond acceptors (Lipinski definition) is 1. The molecule has 0 saturated carbocycles. The van der Waals surface area contributed by atoms with Crippen molar-refractivity contribution in [1.82, 2.24) is 0 Å². The van der Waals surface area contributed by atoms with Crippen LogP contribution in [0, 0.1) is 4.51 Å². The van der Waals surface area contributed by atoms with E-state index < -0.39 is 0 Å². The average molecular weight is 222 g/mol. The van der Waals surface area contributed by atoms with Gasteiger partial charge in [-0.1, -0.05) is 72.9 Å². The highest BCUT2D eigenvalue weighted by atomic mass is 32.1.